The monoisotopic (exact) mass is 360 g/mol. The van der Waals surface area contributed by atoms with Gasteiger partial charge in [-0.05, 0) is 12.1 Å². The Morgan fingerprint density at radius 2 is 2.09 bits per heavy atom. The molecule has 0 saturated heterocycles. The summed E-state index contributed by atoms with van der Waals surface area (Å²) in [6, 6.07) is 2.38. The molecule has 1 aromatic rings. The Morgan fingerprint density at radius 1 is 1.45 bits per heavy atom. The van der Waals surface area contributed by atoms with Crippen molar-refractivity contribution in [3.05, 3.63) is 28.3 Å². The summed E-state index contributed by atoms with van der Waals surface area (Å²) in [5.41, 5.74) is -5.29. The fraction of sp³-hybridized carbons (Fsp3) is 0.364. The first kappa shape index (κ1) is 16.8. The molecule has 1 heterocycles. The third-order valence-corrected chi connectivity index (χ3v) is 4.09. The summed E-state index contributed by atoms with van der Waals surface area (Å²) in [4.78, 5) is 10.9. The van der Waals surface area contributed by atoms with Crippen molar-refractivity contribution < 1.29 is 40.4 Å². The molecule has 11 heteroatoms. The quantitative estimate of drug-likeness (QED) is 0.654. The maximum Gasteiger partial charge on any atom is 0.523 e. The number of fused-ring (bicyclic) bond motifs is 1. The van der Waals surface area contributed by atoms with Gasteiger partial charge in [-0.25, -0.2) is 4.79 Å². The van der Waals surface area contributed by atoms with Crippen molar-refractivity contribution in [1.82, 2.24) is 0 Å². The average molecular weight is 361 g/mol. The van der Waals surface area contributed by atoms with Gasteiger partial charge in [-0.3, -0.25) is 4.18 Å². The van der Waals surface area contributed by atoms with Crippen LogP contribution in [-0.2, 0) is 20.7 Å². The summed E-state index contributed by atoms with van der Waals surface area (Å²) in [6.45, 7) is -0.866. The van der Waals surface area contributed by atoms with Crippen LogP contribution in [0, 0.1) is 0 Å². The van der Waals surface area contributed by atoms with E-state index in [0.29, 0.717) is 5.56 Å². The first-order valence-electron chi connectivity index (χ1n) is 5.69. The molecule has 6 nitrogen and oxygen atoms in total. The van der Waals surface area contributed by atoms with Crippen molar-refractivity contribution in [1.29, 1.82) is 0 Å². The number of ether oxygens (including phenoxy) is 1. The number of rotatable bonds is 4. The van der Waals surface area contributed by atoms with Gasteiger partial charge in [0.15, 0.2) is 0 Å². The molecule has 2 rings (SSSR count). The average Bonchev–Trinajstić information content (AvgIpc) is 2.78. The van der Waals surface area contributed by atoms with Gasteiger partial charge in [0, 0.05) is 12.0 Å². The second kappa shape index (κ2) is 5.60. The van der Waals surface area contributed by atoms with E-state index in [-0.39, 0.29) is 22.8 Å². The number of carboxylic acid groups (broad SMARTS) is 1. The Bertz CT molecular complexity index is 715. The van der Waals surface area contributed by atoms with E-state index in [1.165, 1.54) is 6.07 Å². The zero-order chi connectivity index (χ0) is 16.7. The first-order chi connectivity index (χ1) is 10.0. The Morgan fingerprint density at radius 3 is 2.64 bits per heavy atom. The number of hydrogen-bond acceptors (Lipinski definition) is 5. The fourth-order valence-corrected chi connectivity index (χ4v) is 2.58. The van der Waals surface area contributed by atoms with Gasteiger partial charge in [0.2, 0.25) is 0 Å². The van der Waals surface area contributed by atoms with Gasteiger partial charge in [0.25, 0.3) is 0 Å². The minimum atomic E-state index is -5.71. The second-order valence-corrected chi connectivity index (χ2v) is 6.39. The van der Waals surface area contributed by atoms with Crippen LogP contribution in [-0.4, -0.2) is 37.7 Å². The Kier molecular flexibility index (Phi) is 4.28. The molecule has 0 saturated carbocycles. The molecule has 0 bridgehead atoms. The molecule has 1 atom stereocenters. The van der Waals surface area contributed by atoms with Crippen molar-refractivity contribution in [2.45, 2.75) is 18.0 Å². The maximum atomic E-state index is 12.1. The third kappa shape index (κ3) is 3.28. The topological polar surface area (TPSA) is 89.9 Å². The van der Waals surface area contributed by atoms with Gasteiger partial charge in [-0.15, -0.1) is 0 Å². The Labute approximate surface area is 127 Å². The van der Waals surface area contributed by atoms with E-state index in [4.69, 9.17) is 21.4 Å². The van der Waals surface area contributed by atoms with Gasteiger partial charge in [-0.1, -0.05) is 11.6 Å². The van der Waals surface area contributed by atoms with Crippen LogP contribution in [0.25, 0.3) is 0 Å². The highest BCUT2D eigenvalue weighted by atomic mass is 35.5. The largest absolute Gasteiger partial charge is 0.523 e. The smallest absolute Gasteiger partial charge is 0.486 e. The van der Waals surface area contributed by atoms with Crippen molar-refractivity contribution in [3.63, 3.8) is 0 Å². The van der Waals surface area contributed by atoms with Gasteiger partial charge in [0.05, 0.1) is 10.6 Å². The van der Waals surface area contributed by atoms with Crippen LogP contribution in [0.4, 0.5) is 13.2 Å². The number of halogens is 4. The van der Waals surface area contributed by atoms with E-state index >= 15 is 0 Å². The van der Waals surface area contributed by atoms with Gasteiger partial charge >= 0.3 is 21.6 Å². The van der Waals surface area contributed by atoms with Crippen LogP contribution in [0.2, 0.25) is 5.02 Å². The predicted octanol–water partition coefficient (Wildman–Crippen LogP) is 2.21. The molecule has 0 aliphatic carbocycles. The van der Waals surface area contributed by atoms with Crippen LogP contribution in [0.5, 0.6) is 5.75 Å². The van der Waals surface area contributed by atoms with Crippen LogP contribution in [0.1, 0.15) is 15.9 Å². The zero-order valence-corrected chi connectivity index (χ0v) is 12.1. The standard InChI is InChI=1S/C11H8ClF3O6S/c12-8-3-6(10(16)17)1-5-2-7(21-9(5)8)4-20-22(18,19)11(13,14)15/h1,3,7H,2,4H2,(H,16,17). The Hall–Kier alpha value is -1.52. The lowest BCUT2D eigenvalue weighted by Gasteiger charge is -2.12. The van der Waals surface area contributed by atoms with Crippen LogP contribution in [0.3, 0.4) is 0 Å². The summed E-state index contributed by atoms with van der Waals surface area (Å²) in [5, 5.41) is 8.85. The number of benzene rings is 1. The van der Waals surface area contributed by atoms with E-state index in [9.17, 15) is 26.4 Å². The molecule has 1 aliphatic rings. The van der Waals surface area contributed by atoms with Crippen molar-refractivity contribution in [2.24, 2.45) is 0 Å². The number of carbonyl (C=O) groups is 1. The van der Waals surface area contributed by atoms with E-state index in [0.717, 1.165) is 6.07 Å². The summed E-state index contributed by atoms with van der Waals surface area (Å²) < 4.78 is 67.1. The lowest BCUT2D eigenvalue weighted by molar-refractivity contribution is -0.0557. The number of alkyl halides is 3. The number of aromatic carboxylic acids is 1. The van der Waals surface area contributed by atoms with E-state index in [1.54, 1.807) is 0 Å². The lowest BCUT2D eigenvalue weighted by atomic mass is 10.1. The van der Waals surface area contributed by atoms with Crippen molar-refractivity contribution in [2.75, 3.05) is 6.61 Å². The molecule has 1 aromatic carbocycles. The molecular weight excluding hydrogens is 353 g/mol. The zero-order valence-electron chi connectivity index (χ0n) is 10.6. The minimum absolute atomic E-state index is 0.0243. The predicted molar refractivity (Wildman–Crippen MR) is 67.5 cm³/mol. The molecular formula is C11H8ClF3O6S. The molecule has 0 amide bonds. The third-order valence-electron chi connectivity index (χ3n) is 2.79. The highest BCUT2D eigenvalue weighted by Gasteiger charge is 2.48. The number of hydrogen-bond donors (Lipinski definition) is 1. The summed E-state index contributed by atoms with van der Waals surface area (Å²) in [5.74, 6) is -1.13. The highest BCUT2D eigenvalue weighted by Crippen LogP contribution is 2.37. The summed E-state index contributed by atoms with van der Waals surface area (Å²) >= 11 is 5.82. The molecule has 0 aromatic heterocycles. The van der Waals surface area contributed by atoms with Gasteiger partial charge in [0.1, 0.15) is 18.5 Å². The Balaban J connectivity index is 2.10. The molecule has 0 fully saturated rings. The molecule has 1 aliphatic heterocycles. The first-order valence-corrected chi connectivity index (χ1v) is 7.48. The minimum Gasteiger partial charge on any atom is -0.486 e. The van der Waals surface area contributed by atoms with E-state index in [1.807, 2.05) is 0 Å². The molecule has 1 unspecified atom stereocenters. The summed E-state index contributed by atoms with van der Waals surface area (Å²) in [7, 11) is -5.71. The number of carboxylic acids is 1. The summed E-state index contributed by atoms with van der Waals surface area (Å²) in [6.07, 6.45) is -1.04. The fourth-order valence-electron chi connectivity index (χ4n) is 1.84. The van der Waals surface area contributed by atoms with Gasteiger partial charge < -0.3 is 9.84 Å². The lowest BCUT2D eigenvalue weighted by Crippen LogP contribution is -2.30. The normalized spacial score (nSPS) is 17.9. The maximum absolute atomic E-state index is 12.1. The van der Waals surface area contributed by atoms with Crippen LogP contribution < -0.4 is 4.74 Å². The molecule has 1 N–H and O–H groups in total. The van der Waals surface area contributed by atoms with Crippen molar-refractivity contribution in [3.8, 4) is 5.75 Å². The van der Waals surface area contributed by atoms with Crippen LogP contribution >= 0.6 is 11.6 Å². The SMILES string of the molecule is O=C(O)c1cc(Cl)c2c(c1)CC(COS(=O)(=O)C(F)(F)F)O2. The van der Waals surface area contributed by atoms with E-state index in [2.05, 4.69) is 4.18 Å². The van der Waals surface area contributed by atoms with E-state index < -0.39 is 34.3 Å². The van der Waals surface area contributed by atoms with Gasteiger partial charge in [-0.2, -0.15) is 21.6 Å². The highest BCUT2D eigenvalue weighted by molar-refractivity contribution is 7.87. The van der Waals surface area contributed by atoms with Crippen LogP contribution in [0.15, 0.2) is 12.1 Å². The molecule has 0 spiro atoms. The second-order valence-electron chi connectivity index (χ2n) is 4.38. The van der Waals surface area contributed by atoms with Crippen molar-refractivity contribution >= 4 is 27.7 Å². The molecule has 122 valence electrons. The molecule has 22 heavy (non-hydrogen) atoms. The molecule has 0 radical (unpaired) electrons.